The molecule has 2 heteroatoms. The van der Waals surface area contributed by atoms with Crippen molar-refractivity contribution in [1.82, 2.24) is 4.98 Å². The monoisotopic (exact) mass is 227 g/mol. The van der Waals surface area contributed by atoms with Crippen LogP contribution in [-0.2, 0) is 0 Å². The summed E-state index contributed by atoms with van der Waals surface area (Å²) in [5.41, 5.74) is 1.38. The summed E-state index contributed by atoms with van der Waals surface area (Å²) in [6, 6.07) is 8.49. The summed E-state index contributed by atoms with van der Waals surface area (Å²) in [6.07, 6.45) is 7.84. The Morgan fingerprint density at radius 1 is 1.18 bits per heavy atom. The zero-order valence-electron chi connectivity index (χ0n) is 9.84. The minimum absolute atomic E-state index is 0.120. The van der Waals surface area contributed by atoms with E-state index in [0.29, 0.717) is 5.92 Å². The molecule has 17 heavy (non-hydrogen) atoms. The first-order chi connectivity index (χ1) is 8.34. The molecule has 1 aromatic heterocycles. The Bertz CT molecular complexity index is 518. The van der Waals surface area contributed by atoms with E-state index in [4.69, 9.17) is 0 Å². The molecule has 2 unspecified atom stereocenters. The molecule has 0 saturated heterocycles. The second kappa shape index (κ2) is 4.46. The van der Waals surface area contributed by atoms with Crippen LogP contribution in [0.3, 0.4) is 0 Å². The minimum atomic E-state index is -0.120. The molecule has 0 radical (unpaired) electrons. The van der Waals surface area contributed by atoms with Crippen molar-refractivity contribution in [3.63, 3.8) is 0 Å². The highest BCUT2D eigenvalue weighted by molar-refractivity contribution is 5.85. The average Bonchev–Trinajstić information content (AvgIpc) is 2.38. The largest absolute Gasteiger partial charge is 0.393 e. The molecule has 0 amide bonds. The first kappa shape index (κ1) is 10.7. The number of hydrogen-bond acceptors (Lipinski definition) is 2. The van der Waals surface area contributed by atoms with Gasteiger partial charge in [0, 0.05) is 17.8 Å². The van der Waals surface area contributed by atoms with Crippen LogP contribution in [0, 0.1) is 0 Å². The quantitative estimate of drug-likeness (QED) is 0.811. The highest BCUT2D eigenvalue weighted by Gasteiger charge is 2.22. The second-order valence-corrected chi connectivity index (χ2v) is 4.96. The van der Waals surface area contributed by atoms with Gasteiger partial charge in [0.2, 0.25) is 0 Å². The number of aliphatic hydroxyl groups is 1. The number of aromatic nitrogens is 1. The van der Waals surface area contributed by atoms with Crippen LogP contribution >= 0.6 is 0 Å². The highest BCUT2D eigenvalue weighted by atomic mass is 16.3. The number of nitrogens with zero attached hydrogens (tertiary/aromatic N) is 1. The van der Waals surface area contributed by atoms with Gasteiger partial charge in [0.25, 0.3) is 0 Å². The fraction of sp³-hybridized carbons (Fsp3) is 0.400. The molecule has 2 nitrogen and oxygen atoms in total. The Morgan fingerprint density at radius 2 is 2.12 bits per heavy atom. The number of hydrogen-bond donors (Lipinski definition) is 1. The van der Waals surface area contributed by atoms with E-state index in [1.807, 2.05) is 12.4 Å². The lowest BCUT2D eigenvalue weighted by molar-refractivity contribution is 0.120. The Morgan fingerprint density at radius 3 is 3.00 bits per heavy atom. The van der Waals surface area contributed by atoms with E-state index < -0.39 is 0 Å². The van der Waals surface area contributed by atoms with E-state index in [2.05, 4.69) is 29.2 Å². The molecular formula is C15H17NO. The smallest absolute Gasteiger partial charge is 0.0546 e. The molecule has 1 aliphatic rings. The van der Waals surface area contributed by atoms with Gasteiger partial charge in [-0.2, -0.15) is 0 Å². The van der Waals surface area contributed by atoms with Crippen molar-refractivity contribution in [2.75, 3.05) is 0 Å². The van der Waals surface area contributed by atoms with Gasteiger partial charge >= 0.3 is 0 Å². The molecule has 88 valence electrons. The van der Waals surface area contributed by atoms with E-state index in [0.717, 1.165) is 19.3 Å². The Labute approximate surface area is 101 Å². The number of rotatable bonds is 1. The third kappa shape index (κ3) is 2.05. The first-order valence-electron chi connectivity index (χ1n) is 6.35. The SMILES string of the molecule is OC1CCCC(c2cccc3cnccc23)C1. The Kier molecular flexibility index (Phi) is 2.81. The molecule has 0 spiro atoms. The molecule has 1 saturated carbocycles. The van der Waals surface area contributed by atoms with Crippen LogP contribution in [0.5, 0.6) is 0 Å². The maximum Gasteiger partial charge on any atom is 0.0546 e. The van der Waals surface area contributed by atoms with Crippen LogP contribution in [0.15, 0.2) is 36.7 Å². The summed E-state index contributed by atoms with van der Waals surface area (Å²) in [4.78, 5) is 4.16. The van der Waals surface area contributed by atoms with Crippen LogP contribution in [0.25, 0.3) is 10.8 Å². The van der Waals surface area contributed by atoms with Crippen molar-refractivity contribution in [3.8, 4) is 0 Å². The van der Waals surface area contributed by atoms with E-state index in [1.54, 1.807) is 0 Å². The summed E-state index contributed by atoms with van der Waals surface area (Å²) >= 11 is 0. The van der Waals surface area contributed by atoms with Crippen molar-refractivity contribution in [2.45, 2.75) is 37.7 Å². The molecule has 1 aromatic carbocycles. The van der Waals surface area contributed by atoms with Gasteiger partial charge in [-0.15, -0.1) is 0 Å². The summed E-state index contributed by atoms with van der Waals surface area (Å²) in [5, 5.41) is 12.3. The number of aliphatic hydroxyl groups excluding tert-OH is 1. The fourth-order valence-electron chi connectivity index (χ4n) is 2.95. The molecule has 1 aliphatic carbocycles. The number of pyridine rings is 1. The van der Waals surface area contributed by atoms with Crippen molar-refractivity contribution in [1.29, 1.82) is 0 Å². The van der Waals surface area contributed by atoms with Gasteiger partial charge in [0.1, 0.15) is 0 Å². The maximum absolute atomic E-state index is 9.80. The van der Waals surface area contributed by atoms with Gasteiger partial charge < -0.3 is 5.11 Å². The van der Waals surface area contributed by atoms with Crippen molar-refractivity contribution in [2.24, 2.45) is 0 Å². The van der Waals surface area contributed by atoms with Crippen LogP contribution < -0.4 is 0 Å². The number of fused-ring (bicyclic) bond motifs is 1. The minimum Gasteiger partial charge on any atom is -0.393 e. The standard InChI is InChI=1S/C15H17NO/c17-13-5-1-3-11(9-13)14-6-2-4-12-10-16-8-7-15(12)14/h2,4,6-8,10-11,13,17H,1,3,5,9H2. The lowest BCUT2D eigenvalue weighted by Gasteiger charge is -2.27. The van der Waals surface area contributed by atoms with E-state index in [9.17, 15) is 5.11 Å². The molecule has 3 rings (SSSR count). The van der Waals surface area contributed by atoms with Crippen LogP contribution in [0.2, 0.25) is 0 Å². The zero-order valence-corrected chi connectivity index (χ0v) is 9.84. The van der Waals surface area contributed by atoms with Gasteiger partial charge in [-0.25, -0.2) is 0 Å². The topological polar surface area (TPSA) is 33.1 Å². The highest BCUT2D eigenvalue weighted by Crippen LogP contribution is 2.36. The molecule has 1 N–H and O–H groups in total. The van der Waals surface area contributed by atoms with Crippen molar-refractivity contribution < 1.29 is 5.11 Å². The number of benzene rings is 1. The summed E-state index contributed by atoms with van der Waals surface area (Å²) in [5.74, 6) is 0.504. The summed E-state index contributed by atoms with van der Waals surface area (Å²) in [7, 11) is 0. The fourth-order valence-corrected chi connectivity index (χ4v) is 2.95. The van der Waals surface area contributed by atoms with Crippen LogP contribution in [0.4, 0.5) is 0 Å². The van der Waals surface area contributed by atoms with Crippen molar-refractivity contribution in [3.05, 3.63) is 42.2 Å². The lowest BCUT2D eigenvalue weighted by Crippen LogP contribution is -2.18. The molecule has 1 heterocycles. The summed E-state index contributed by atoms with van der Waals surface area (Å²) < 4.78 is 0. The van der Waals surface area contributed by atoms with Gasteiger partial charge in [-0.1, -0.05) is 24.6 Å². The molecule has 0 bridgehead atoms. The predicted octanol–water partition coefficient (Wildman–Crippen LogP) is 3.25. The third-order valence-electron chi connectivity index (χ3n) is 3.80. The second-order valence-electron chi connectivity index (χ2n) is 4.96. The summed E-state index contributed by atoms with van der Waals surface area (Å²) in [6.45, 7) is 0. The average molecular weight is 227 g/mol. The predicted molar refractivity (Wildman–Crippen MR) is 69.0 cm³/mol. The van der Waals surface area contributed by atoms with Gasteiger partial charge in [0.15, 0.2) is 0 Å². The van der Waals surface area contributed by atoms with Gasteiger partial charge in [-0.3, -0.25) is 4.98 Å². The van der Waals surface area contributed by atoms with E-state index >= 15 is 0 Å². The van der Waals surface area contributed by atoms with E-state index in [1.165, 1.54) is 22.8 Å². The zero-order chi connectivity index (χ0) is 11.7. The third-order valence-corrected chi connectivity index (χ3v) is 3.80. The molecular weight excluding hydrogens is 210 g/mol. The van der Waals surface area contributed by atoms with Gasteiger partial charge in [-0.05, 0) is 42.2 Å². The van der Waals surface area contributed by atoms with Gasteiger partial charge in [0.05, 0.1) is 6.10 Å². The van der Waals surface area contributed by atoms with Crippen molar-refractivity contribution >= 4 is 10.8 Å². The van der Waals surface area contributed by atoms with E-state index in [-0.39, 0.29) is 6.10 Å². The Balaban J connectivity index is 2.04. The molecule has 0 aliphatic heterocycles. The first-order valence-corrected chi connectivity index (χ1v) is 6.35. The Hall–Kier alpha value is -1.41. The molecule has 2 atom stereocenters. The molecule has 2 aromatic rings. The lowest BCUT2D eigenvalue weighted by atomic mass is 9.81. The normalized spacial score (nSPS) is 25.0. The molecule has 1 fully saturated rings. The van der Waals surface area contributed by atoms with Crippen LogP contribution in [-0.4, -0.2) is 16.2 Å². The van der Waals surface area contributed by atoms with Crippen LogP contribution in [0.1, 0.15) is 37.2 Å². The maximum atomic E-state index is 9.80.